The van der Waals surface area contributed by atoms with Gasteiger partial charge in [0.05, 0.1) is 33.3 Å². The smallest absolute Gasteiger partial charge is 0.261 e. The molecule has 0 aliphatic carbocycles. The minimum atomic E-state index is -3.82. The predicted molar refractivity (Wildman–Crippen MR) is 116 cm³/mol. The Morgan fingerprint density at radius 2 is 1.90 bits per heavy atom. The number of aliphatic hydroxyl groups excluding tert-OH is 1. The number of aryl methyl sites for hydroxylation is 2. The summed E-state index contributed by atoms with van der Waals surface area (Å²) >= 11 is 0. The standard InChI is InChI=1S/C21H26N4O4S/c1-4-16(26)13-22-21(27)18-11-15(12-19-20(18)25(5-2)14(3)23-19)24-30(28,29)17-9-7-6-8-10-17/h6-12,16,24,26H,4-5,13H2,1-3H3,(H,22,27)/t16-/m1/s1. The van der Waals surface area contributed by atoms with Gasteiger partial charge in [-0.15, -0.1) is 0 Å². The number of hydrogen-bond donors (Lipinski definition) is 3. The van der Waals surface area contributed by atoms with Crippen LogP contribution in [0, 0.1) is 6.92 Å². The molecule has 0 aliphatic rings. The molecule has 0 radical (unpaired) electrons. The van der Waals surface area contributed by atoms with Gasteiger partial charge in [-0.3, -0.25) is 9.52 Å². The van der Waals surface area contributed by atoms with Crippen molar-refractivity contribution in [2.45, 2.75) is 44.7 Å². The van der Waals surface area contributed by atoms with Crippen LogP contribution < -0.4 is 10.0 Å². The fourth-order valence-electron chi connectivity index (χ4n) is 3.27. The van der Waals surface area contributed by atoms with Gasteiger partial charge in [0.15, 0.2) is 0 Å². The van der Waals surface area contributed by atoms with Crippen LogP contribution in [0.1, 0.15) is 36.5 Å². The molecule has 1 amide bonds. The first-order chi connectivity index (χ1) is 14.3. The molecule has 30 heavy (non-hydrogen) atoms. The topological polar surface area (TPSA) is 113 Å². The van der Waals surface area contributed by atoms with Crippen molar-refractivity contribution < 1.29 is 18.3 Å². The number of aliphatic hydroxyl groups is 1. The molecular formula is C21H26N4O4S. The van der Waals surface area contributed by atoms with Gasteiger partial charge in [-0.25, -0.2) is 13.4 Å². The average molecular weight is 431 g/mol. The lowest BCUT2D eigenvalue weighted by Crippen LogP contribution is -2.32. The number of carbonyl (C=O) groups is 1. The fourth-order valence-corrected chi connectivity index (χ4v) is 4.33. The molecule has 0 unspecified atom stereocenters. The second kappa shape index (κ2) is 8.85. The Morgan fingerprint density at radius 1 is 1.20 bits per heavy atom. The van der Waals surface area contributed by atoms with Crippen molar-refractivity contribution >= 4 is 32.7 Å². The monoisotopic (exact) mass is 430 g/mol. The van der Waals surface area contributed by atoms with E-state index in [1.807, 2.05) is 25.3 Å². The van der Waals surface area contributed by atoms with Crippen molar-refractivity contribution in [1.29, 1.82) is 0 Å². The lowest BCUT2D eigenvalue weighted by molar-refractivity contribution is 0.0915. The minimum Gasteiger partial charge on any atom is -0.391 e. The molecule has 2 aromatic carbocycles. The number of sulfonamides is 1. The number of carbonyl (C=O) groups excluding carboxylic acids is 1. The molecule has 3 rings (SSSR count). The number of amides is 1. The molecule has 0 saturated heterocycles. The van der Waals surface area contributed by atoms with Crippen LogP contribution in [0.4, 0.5) is 5.69 Å². The SMILES string of the molecule is CC[C@@H](O)CNC(=O)c1cc(NS(=O)(=O)c2ccccc2)cc2nc(C)n(CC)c12. The number of benzene rings is 2. The van der Waals surface area contributed by atoms with Crippen LogP contribution in [0.15, 0.2) is 47.4 Å². The fraction of sp³-hybridized carbons (Fsp3) is 0.333. The maximum Gasteiger partial charge on any atom is 0.261 e. The third-order valence-electron chi connectivity index (χ3n) is 4.87. The van der Waals surface area contributed by atoms with Gasteiger partial charge in [0.2, 0.25) is 0 Å². The van der Waals surface area contributed by atoms with E-state index in [2.05, 4.69) is 15.0 Å². The van der Waals surface area contributed by atoms with Gasteiger partial charge in [0, 0.05) is 13.1 Å². The van der Waals surface area contributed by atoms with E-state index in [4.69, 9.17) is 0 Å². The summed E-state index contributed by atoms with van der Waals surface area (Å²) in [6, 6.07) is 11.1. The van der Waals surface area contributed by atoms with Gasteiger partial charge in [-0.05, 0) is 44.5 Å². The molecule has 0 aliphatic heterocycles. The second-order valence-corrected chi connectivity index (χ2v) is 8.67. The van der Waals surface area contributed by atoms with Crippen LogP contribution >= 0.6 is 0 Å². The Kier molecular flexibility index (Phi) is 6.42. The molecule has 0 spiro atoms. The molecular weight excluding hydrogens is 404 g/mol. The Labute approximate surface area is 176 Å². The van der Waals surface area contributed by atoms with Crippen LogP contribution in [0.2, 0.25) is 0 Å². The Hall–Kier alpha value is -2.91. The summed E-state index contributed by atoms with van der Waals surface area (Å²) in [4.78, 5) is 17.5. The largest absolute Gasteiger partial charge is 0.391 e. The average Bonchev–Trinajstić information content (AvgIpc) is 3.06. The summed E-state index contributed by atoms with van der Waals surface area (Å²) in [5.41, 5.74) is 1.68. The van der Waals surface area contributed by atoms with Crippen LogP contribution in [0.25, 0.3) is 11.0 Å². The van der Waals surface area contributed by atoms with E-state index in [0.29, 0.717) is 29.6 Å². The highest BCUT2D eigenvalue weighted by Crippen LogP contribution is 2.27. The number of imidazole rings is 1. The van der Waals surface area contributed by atoms with Gasteiger partial charge in [0.25, 0.3) is 15.9 Å². The third kappa shape index (κ3) is 4.47. The summed E-state index contributed by atoms with van der Waals surface area (Å²) in [5.74, 6) is 0.320. The molecule has 3 aromatic rings. The van der Waals surface area contributed by atoms with Crippen LogP contribution in [0.3, 0.4) is 0 Å². The maximum absolute atomic E-state index is 12.9. The first-order valence-corrected chi connectivity index (χ1v) is 11.3. The summed E-state index contributed by atoms with van der Waals surface area (Å²) in [7, 11) is -3.82. The molecule has 0 fully saturated rings. The highest BCUT2D eigenvalue weighted by atomic mass is 32.2. The van der Waals surface area contributed by atoms with E-state index in [9.17, 15) is 18.3 Å². The molecule has 0 bridgehead atoms. The molecule has 9 heteroatoms. The lowest BCUT2D eigenvalue weighted by atomic mass is 10.1. The molecule has 1 heterocycles. The number of anilines is 1. The van der Waals surface area contributed by atoms with Crippen LogP contribution in [-0.2, 0) is 16.6 Å². The minimum absolute atomic E-state index is 0.107. The van der Waals surface area contributed by atoms with E-state index >= 15 is 0 Å². The molecule has 1 atom stereocenters. The maximum atomic E-state index is 12.9. The van der Waals surface area contributed by atoms with E-state index < -0.39 is 22.0 Å². The van der Waals surface area contributed by atoms with Gasteiger partial charge in [-0.1, -0.05) is 25.1 Å². The Bertz CT molecular complexity index is 1160. The molecule has 8 nitrogen and oxygen atoms in total. The number of aromatic nitrogens is 2. The van der Waals surface area contributed by atoms with Gasteiger partial charge in [0.1, 0.15) is 5.82 Å². The van der Waals surface area contributed by atoms with Crippen molar-refractivity contribution in [1.82, 2.24) is 14.9 Å². The van der Waals surface area contributed by atoms with Crippen molar-refractivity contribution in [2.24, 2.45) is 0 Å². The predicted octanol–water partition coefficient (Wildman–Crippen LogP) is 2.67. The lowest BCUT2D eigenvalue weighted by Gasteiger charge is -2.14. The Morgan fingerprint density at radius 3 is 2.53 bits per heavy atom. The number of rotatable bonds is 8. The number of nitrogens with zero attached hydrogens (tertiary/aromatic N) is 2. The van der Waals surface area contributed by atoms with E-state index in [-0.39, 0.29) is 17.1 Å². The summed E-state index contributed by atoms with van der Waals surface area (Å²) in [5, 5.41) is 12.5. The zero-order chi connectivity index (χ0) is 21.9. The van der Waals surface area contributed by atoms with E-state index in [1.54, 1.807) is 24.3 Å². The summed E-state index contributed by atoms with van der Waals surface area (Å²) in [6.45, 7) is 6.32. The van der Waals surface area contributed by atoms with Gasteiger partial charge < -0.3 is 15.0 Å². The molecule has 160 valence electrons. The first-order valence-electron chi connectivity index (χ1n) is 9.81. The third-order valence-corrected chi connectivity index (χ3v) is 6.27. The van der Waals surface area contributed by atoms with Crippen molar-refractivity contribution in [3.63, 3.8) is 0 Å². The highest BCUT2D eigenvalue weighted by molar-refractivity contribution is 7.92. The zero-order valence-electron chi connectivity index (χ0n) is 17.2. The second-order valence-electron chi connectivity index (χ2n) is 6.99. The number of fused-ring (bicyclic) bond motifs is 1. The molecule has 1 aromatic heterocycles. The molecule has 3 N–H and O–H groups in total. The summed E-state index contributed by atoms with van der Waals surface area (Å²) < 4.78 is 29.9. The quantitative estimate of drug-likeness (QED) is 0.508. The first kappa shape index (κ1) is 21.8. The van der Waals surface area contributed by atoms with E-state index in [1.165, 1.54) is 18.2 Å². The van der Waals surface area contributed by atoms with Crippen molar-refractivity contribution in [2.75, 3.05) is 11.3 Å². The number of hydrogen-bond acceptors (Lipinski definition) is 5. The normalized spacial score (nSPS) is 12.7. The summed E-state index contributed by atoms with van der Waals surface area (Å²) in [6.07, 6.45) is -0.138. The van der Waals surface area contributed by atoms with Crippen LogP contribution in [0.5, 0.6) is 0 Å². The van der Waals surface area contributed by atoms with E-state index in [0.717, 1.165) is 5.82 Å². The van der Waals surface area contributed by atoms with Crippen LogP contribution in [-0.4, -0.2) is 41.6 Å². The van der Waals surface area contributed by atoms with Gasteiger partial charge >= 0.3 is 0 Å². The zero-order valence-corrected chi connectivity index (χ0v) is 18.0. The Balaban J connectivity index is 2.06. The van der Waals surface area contributed by atoms with Crippen molar-refractivity contribution in [3.05, 3.63) is 53.9 Å². The number of nitrogens with one attached hydrogen (secondary N) is 2. The van der Waals surface area contributed by atoms with Crippen molar-refractivity contribution in [3.8, 4) is 0 Å². The molecule has 0 saturated carbocycles. The highest BCUT2D eigenvalue weighted by Gasteiger charge is 2.21. The van der Waals surface area contributed by atoms with Gasteiger partial charge in [-0.2, -0.15) is 0 Å².